The molecule has 1 aromatic rings. The number of imidazole rings is 1. The molecule has 0 radical (unpaired) electrons. The van der Waals surface area contributed by atoms with Crippen molar-refractivity contribution in [1.82, 2.24) is 9.55 Å². The minimum atomic E-state index is -2.96. The van der Waals surface area contributed by atoms with Gasteiger partial charge in [-0.1, -0.05) is 11.8 Å². The summed E-state index contributed by atoms with van der Waals surface area (Å²) in [7, 11) is -2.96. The summed E-state index contributed by atoms with van der Waals surface area (Å²) in [6.45, 7) is 1.85. The highest BCUT2D eigenvalue weighted by Crippen LogP contribution is 2.30. The number of hydrogen-bond donors (Lipinski definition) is 1. The van der Waals surface area contributed by atoms with Crippen LogP contribution in [0.25, 0.3) is 0 Å². The molecule has 1 unspecified atom stereocenters. The molecule has 6 nitrogen and oxygen atoms in total. The fraction of sp³-hybridized carbons (Fsp3) is 0.600. The SMILES string of the molecule is Cc1cnc(SCC(=O)O)n1C1CCS(=O)(=O)C1. The summed E-state index contributed by atoms with van der Waals surface area (Å²) < 4.78 is 24.8. The van der Waals surface area contributed by atoms with Crippen LogP contribution in [0.5, 0.6) is 0 Å². The molecule has 1 atom stereocenters. The number of hydrogen-bond acceptors (Lipinski definition) is 5. The number of carbonyl (C=O) groups is 1. The van der Waals surface area contributed by atoms with E-state index in [0.29, 0.717) is 11.6 Å². The van der Waals surface area contributed by atoms with Crippen molar-refractivity contribution in [2.75, 3.05) is 17.3 Å². The lowest BCUT2D eigenvalue weighted by Crippen LogP contribution is -2.14. The largest absolute Gasteiger partial charge is 0.481 e. The van der Waals surface area contributed by atoms with E-state index in [2.05, 4.69) is 4.98 Å². The number of thioether (sulfide) groups is 1. The Labute approximate surface area is 109 Å². The Bertz CT molecular complexity index is 564. The summed E-state index contributed by atoms with van der Waals surface area (Å²) in [6, 6.07) is -0.117. The van der Waals surface area contributed by atoms with Crippen LogP contribution in [0.15, 0.2) is 11.4 Å². The molecule has 0 aliphatic carbocycles. The molecule has 1 saturated heterocycles. The monoisotopic (exact) mass is 290 g/mol. The van der Waals surface area contributed by atoms with E-state index in [4.69, 9.17) is 5.11 Å². The second-order valence-electron chi connectivity index (χ2n) is 4.29. The molecule has 8 heteroatoms. The van der Waals surface area contributed by atoms with E-state index >= 15 is 0 Å². The third kappa shape index (κ3) is 2.86. The van der Waals surface area contributed by atoms with Gasteiger partial charge in [-0.05, 0) is 13.3 Å². The van der Waals surface area contributed by atoms with E-state index in [1.165, 1.54) is 0 Å². The molecular weight excluding hydrogens is 276 g/mol. The van der Waals surface area contributed by atoms with Gasteiger partial charge in [0.25, 0.3) is 0 Å². The van der Waals surface area contributed by atoms with Crippen molar-refractivity contribution in [2.24, 2.45) is 0 Å². The summed E-state index contributed by atoms with van der Waals surface area (Å²) in [5.74, 6) is -0.676. The first-order valence-electron chi connectivity index (χ1n) is 5.48. The molecule has 18 heavy (non-hydrogen) atoms. The van der Waals surface area contributed by atoms with Gasteiger partial charge < -0.3 is 9.67 Å². The topological polar surface area (TPSA) is 89.3 Å². The average molecular weight is 290 g/mol. The van der Waals surface area contributed by atoms with E-state index in [-0.39, 0.29) is 23.3 Å². The van der Waals surface area contributed by atoms with Crippen molar-refractivity contribution in [1.29, 1.82) is 0 Å². The van der Waals surface area contributed by atoms with Crippen LogP contribution in [0.2, 0.25) is 0 Å². The lowest BCUT2D eigenvalue weighted by atomic mass is 10.2. The molecule has 1 aliphatic heterocycles. The second-order valence-corrected chi connectivity index (χ2v) is 7.46. The number of aryl methyl sites for hydroxylation is 1. The Morgan fingerprint density at radius 2 is 2.39 bits per heavy atom. The zero-order valence-electron chi connectivity index (χ0n) is 9.87. The van der Waals surface area contributed by atoms with Crippen LogP contribution in [0.4, 0.5) is 0 Å². The van der Waals surface area contributed by atoms with Crippen molar-refractivity contribution in [3.05, 3.63) is 11.9 Å². The maximum absolute atomic E-state index is 11.5. The Morgan fingerprint density at radius 1 is 1.67 bits per heavy atom. The zero-order valence-corrected chi connectivity index (χ0v) is 11.5. The fourth-order valence-electron chi connectivity index (χ4n) is 2.08. The molecule has 0 spiro atoms. The maximum Gasteiger partial charge on any atom is 0.313 e. The third-order valence-electron chi connectivity index (χ3n) is 2.85. The van der Waals surface area contributed by atoms with Crippen LogP contribution in [0.1, 0.15) is 18.2 Å². The highest BCUT2D eigenvalue weighted by Gasteiger charge is 2.31. The van der Waals surface area contributed by atoms with Crippen molar-refractivity contribution >= 4 is 27.6 Å². The van der Waals surface area contributed by atoms with Gasteiger partial charge in [0.05, 0.1) is 23.3 Å². The van der Waals surface area contributed by atoms with Gasteiger partial charge >= 0.3 is 5.97 Å². The molecule has 1 N–H and O–H groups in total. The van der Waals surface area contributed by atoms with E-state index in [1.54, 1.807) is 6.20 Å². The minimum absolute atomic E-state index is 0.0735. The highest BCUT2D eigenvalue weighted by atomic mass is 32.2. The van der Waals surface area contributed by atoms with E-state index in [9.17, 15) is 13.2 Å². The minimum Gasteiger partial charge on any atom is -0.481 e. The molecule has 2 heterocycles. The fourth-order valence-corrected chi connectivity index (χ4v) is 4.59. The number of aromatic nitrogens is 2. The molecular formula is C10H14N2O4S2. The summed E-state index contributed by atoms with van der Waals surface area (Å²) in [5, 5.41) is 9.25. The van der Waals surface area contributed by atoms with Crippen molar-refractivity contribution in [2.45, 2.75) is 24.5 Å². The second kappa shape index (κ2) is 4.93. The molecule has 0 amide bonds. The molecule has 2 rings (SSSR count). The first kappa shape index (κ1) is 13.4. The lowest BCUT2D eigenvalue weighted by Gasteiger charge is -2.15. The average Bonchev–Trinajstić information content (AvgIpc) is 2.78. The molecule has 0 saturated carbocycles. The van der Waals surface area contributed by atoms with Crippen molar-refractivity contribution in [3.63, 3.8) is 0 Å². The van der Waals surface area contributed by atoms with Gasteiger partial charge in [0.2, 0.25) is 0 Å². The van der Waals surface area contributed by atoms with Crippen LogP contribution in [-0.4, -0.2) is 46.3 Å². The Hall–Kier alpha value is -1.02. The van der Waals surface area contributed by atoms with Gasteiger partial charge in [-0.15, -0.1) is 0 Å². The van der Waals surface area contributed by atoms with Gasteiger partial charge in [0.15, 0.2) is 15.0 Å². The molecule has 100 valence electrons. The molecule has 1 aromatic heterocycles. The first-order chi connectivity index (χ1) is 8.39. The highest BCUT2D eigenvalue weighted by molar-refractivity contribution is 7.99. The normalized spacial score (nSPS) is 22.2. The number of nitrogens with zero attached hydrogens (tertiary/aromatic N) is 2. The van der Waals surface area contributed by atoms with Gasteiger partial charge in [-0.3, -0.25) is 4.79 Å². The number of aliphatic carboxylic acids is 1. The van der Waals surface area contributed by atoms with E-state index < -0.39 is 15.8 Å². The molecule has 1 fully saturated rings. The van der Waals surface area contributed by atoms with Crippen LogP contribution < -0.4 is 0 Å². The Kier molecular flexibility index (Phi) is 3.67. The number of carboxylic acids is 1. The Morgan fingerprint density at radius 3 is 2.94 bits per heavy atom. The number of carboxylic acid groups (broad SMARTS) is 1. The van der Waals surface area contributed by atoms with E-state index in [1.807, 2.05) is 11.5 Å². The Balaban J connectivity index is 2.22. The summed E-state index contributed by atoms with van der Waals surface area (Å²) >= 11 is 1.12. The summed E-state index contributed by atoms with van der Waals surface area (Å²) in [5.41, 5.74) is 0.866. The van der Waals surface area contributed by atoms with Crippen LogP contribution in [0.3, 0.4) is 0 Å². The predicted molar refractivity (Wildman–Crippen MR) is 67.6 cm³/mol. The third-order valence-corrected chi connectivity index (χ3v) is 5.55. The van der Waals surface area contributed by atoms with Crippen molar-refractivity contribution in [3.8, 4) is 0 Å². The molecule has 0 aromatic carbocycles. The van der Waals surface area contributed by atoms with Crippen LogP contribution in [0, 0.1) is 6.92 Å². The lowest BCUT2D eigenvalue weighted by molar-refractivity contribution is -0.133. The zero-order chi connectivity index (χ0) is 13.3. The quantitative estimate of drug-likeness (QED) is 0.822. The number of rotatable bonds is 4. The van der Waals surface area contributed by atoms with Gasteiger partial charge in [-0.25, -0.2) is 13.4 Å². The standard InChI is InChI=1S/C10H14N2O4S2/c1-7-4-11-10(17-5-9(13)14)12(7)8-2-3-18(15,16)6-8/h4,8H,2-3,5-6H2,1H3,(H,13,14). The van der Waals surface area contributed by atoms with Crippen molar-refractivity contribution < 1.29 is 18.3 Å². The van der Waals surface area contributed by atoms with E-state index in [0.717, 1.165) is 17.5 Å². The summed E-state index contributed by atoms with van der Waals surface area (Å²) in [6.07, 6.45) is 2.22. The number of sulfone groups is 1. The van der Waals surface area contributed by atoms with Crippen LogP contribution in [-0.2, 0) is 14.6 Å². The molecule has 0 bridgehead atoms. The maximum atomic E-state index is 11.5. The molecule has 1 aliphatic rings. The van der Waals surface area contributed by atoms with Gasteiger partial charge in [0, 0.05) is 11.9 Å². The van der Waals surface area contributed by atoms with Gasteiger partial charge in [-0.2, -0.15) is 0 Å². The summed E-state index contributed by atoms with van der Waals surface area (Å²) in [4.78, 5) is 14.7. The predicted octanol–water partition coefficient (Wildman–Crippen LogP) is 0.728. The smallest absolute Gasteiger partial charge is 0.313 e. The van der Waals surface area contributed by atoms with Gasteiger partial charge in [0.1, 0.15) is 0 Å². The first-order valence-corrected chi connectivity index (χ1v) is 8.28. The van der Waals surface area contributed by atoms with Crippen LogP contribution >= 0.6 is 11.8 Å².